The van der Waals surface area contributed by atoms with E-state index in [2.05, 4.69) is 4.98 Å². The van der Waals surface area contributed by atoms with Crippen molar-refractivity contribution in [2.45, 2.75) is 37.4 Å². The first kappa shape index (κ1) is 13.0. The van der Waals surface area contributed by atoms with Crippen LogP contribution in [0.5, 0.6) is 0 Å². The number of hydrogen-bond acceptors (Lipinski definition) is 4. The van der Waals surface area contributed by atoms with Crippen LogP contribution >= 0.6 is 0 Å². The highest BCUT2D eigenvalue weighted by Gasteiger charge is 2.40. The van der Waals surface area contributed by atoms with Crippen LogP contribution in [0.4, 0.5) is 0 Å². The number of rotatable bonds is 4. The van der Waals surface area contributed by atoms with Crippen molar-refractivity contribution in [1.82, 2.24) is 13.9 Å². The molecule has 1 aromatic heterocycles. The maximum Gasteiger partial charge on any atom is 0.322 e. The SMILES string of the molecule is CCn1cnc(S(=O)(=O)N2CCC[C@H]2C(=O)O)c1. The molecular formula is C10H15N3O4S. The molecule has 0 aliphatic carbocycles. The van der Waals surface area contributed by atoms with Crippen molar-refractivity contribution >= 4 is 16.0 Å². The van der Waals surface area contributed by atoms with E-state index in [4.69, 9.17) is 5.11 Å². The number of imidazole rings is 1. The Balaban J connectivity index is 2.33. The molecule has 0 saturated carbocycles. The molecule has 1 atom stereocenters. The molecule has 7 nitrogen and oxygen atoms in total. The molecule has 0 amide bonds. The van der Waals surface area contributed by atoms with Gasteiger partial charge in [-0.2, -0.15) is 4.31 Å². The number of nitrogens with zero attached hydrogens (tertiary/aromatic N) is 3. The number of aromatic nitrogens is 2. The molecule has 1 N–H and O–H groups in total. The summed E-state index contributed by atoms with van der Waals surface area (Å²) in [6.07, 6.45) is 3.76. The zero-order valence-corrected chi connectivity index (χ0v) is 10.8. The first-order chi connectivity index (χ1) is 8.46. The normalized spacial score (nSPS) is 21.3. The van der Waals surface area contributed by atoms with E-state index in [-0.39, 0.29) is 11.6 Å². The van der Waals surface area contributed by atoms with Crippen LogP contribution in [0.2, 0.25) is 0 Å². The molecule has 0 unspecified atom stereocenters. The first-order valence-corrected chi connectivity index (χ1v) is 7.17. The molecule has 100 valence electrons. The second kappa shape index (κ2) is 4.69. The lowest BCUT2D eigenvalue weighted by Gasteiger charge is -2.19. The van der Waals surface area contributed by atoms with E-state index in [0.29, 0.717) is 19.4 Å². The fourth-order valence-electron chi connectivity index (χ4n) is 2.04. The zero-order chi connectivity index (χ0) is 13.3. The second-order valence-electron chi connectivity index (χ2n) is 4.15. The van der Waals surface area contributed by atoms with Gasteiger partial charge in [-0.3, -0.25) is 4.79 Å². The number of carboxylic acids is 1. The maximum absolute atomic E-state index is 12.3. The molecule has 0 bridgehead atoms. The number of sulfonamides is 1. The monoisotopic (exact) mass is 273 g/mol. The predicted octanol–water partition coefficient (Wildman–Crippen LogP) is 0.141. The van der Waals surface area contributed by atoms with Crippen LogP contribution in [0.3, 0.4) is 0 Å². The highest BCUT2D eigenvalue weighted by atomic mass is 32.2. The maximum atomic E-state index is 12.3. The summed E-state index contributed by atoms with van der Waals surface area (Å²) in [5.41, 5.74) is 0. The molecule has 0 aromatic carbocycles. The van der Waals surface area contributed by atoms with Gasteiger partial charge in [0.05, 0.1) is 6.33 Å². The van der Waals surface area contributed by atoms with Gasteiger partial charge in [0.15, 0.2) is 5.03 Å². The molecule has 0 spiro atoms. The molecule has 8 heteroatoms. The minimum absolute atomic E-state index is 0.0856. The average Bonchev–Trinajstić information content (AvgIpc) is 2.98. The van der Waals surface area contributed by atoms with Crippen LogP contribution < -0.4 is 0 Å². The van der Waals surface area contributed by atoms with Crippen molar-refractivity contribution in [2.24, 2.45) is 0 Å². The van der Waals surface area contributed by atoms with Gasteiger partial charge in [-0.25, -0.2) is 13.4 Å². The minimum Gasteiger partial charge on any atom is -0.480 e. The Morgan fingerprint density at radius 2 is 2.33 bits per heavy atom. The van der Waals surface area contributed by atoms with Crippen molar-refractivity contribution in [1.29, 1.82) is 0 Å². The average molecular weight is 273 g/mol. The largest absolute Gasteiger partial charge is 0.480 e. The standard InChI is InChI=1S/C10H15N3O4S/c1-2-12-6-9(11-7-12)18(16,17)13-5-3-4-8(13)10(14)15/h6-8H,2-5H2,1H3,(H,14,15)/t8-/m0/s1. The molecule has 2 rings (SSSR count). The molecule has 1 aliphatic heterocycles. The van der Waals surface area contributed by atoms with Crippen molar-refractivity contribution in [2.75, 3.05) is 6.54 Å². The van der Waals surface area contributed by atoms with E-state index < -0.39 is 22.0 Å². The Kier molecular flexibility index (Phi) is 3.40. The van der Waals surface area contributed by atoms with Gasteiger partial charge in [-0.15, -0.1) is 0 Å². The Labute approximate surface area is 105 Å². The van der Waals surface area contributed by atoms with Crippen LogP contribution in [0, 0.1) is 0 Å². The highest BCUT2D eigenvalue weighted by molar-refractivity contribution is 7.89. The summed E-state index contributed by atoms with van der Waals surface area (Å²) in [6.45, 7) is 2.72. The Bertz CT molecular complexity index is 551. The lowest BCUT2D eigenvalue weighted by Crippen LogP contribution is -2.40. The van der Waals surface area contributed by atoms with Crippen LogP contribution in [0.25, 0.3) is 0 Å². The number of carboxylic acid groups (broad SMARTS) is 1. The van der Waals surface area contributed by atoms with Crippen LogP contribution in [0.15, 0.2) is 17.6 Å². The molecule has 2 heterocycles. The molecule has 18 heavy (non-hydrogen) atoms. The highest BCUT2D eigenvalue weighted by Crippen LogP contribution is 2.25. The van der Waals surface area contributed by atoms with Crippen molar-refractivity contribution in [3.8, 4) is 0 Å². The summed E-state index contributed by atoms with van der Waals surface area (Å²) in [6, 6.07) is -0.971. The lowest BCUT2D eigenvalue weighted by molar-refractivity contribution is -0.140. The van der Waals surface area contributed by atoms with Gasteiger partial charge < -0.3 is 9.67 Å². The summed E-state index contributed by atoms with van der Waals surface area (Å²) in [7, 11) is -3.80. The van der Waals surface area contributed by atoms with Crippen molar-refractivity contribution in [3.63, 3.8) is 0 Å². The third kappa shape index (κ3) is 2.13. The molecule has 1 aromatic rings. The molecule has 1 aliphatic rings. The van der Waals surface area contributed by atoms with Crippen LogP contribution in [0.1, 0.15) is 19.8 Å². The third-order valence-electron chi connectivity index (χ3n) is 3.04. The minimum atomic E-state index is -3.80. The van der Waals surface area contributed by atoms with E-state index in [1.54, 1.807) is 4.57 Å². The number of carbonyl (C=O) groups is 1. The predicted molar refractivity (Wildman–Crippen MR) is 62.5 cm³/mol. The summed E-state index contributed by atoms with van der Waals surface area (Å²) < 4.78 is 27.2. The third-order valence-corrected chi connectivity index (χ3v) is 4.83. The topological polar surface area (TPSA) is 92.5 Å². The summed E-state index contributed by atoms with van der Waals surface area (Å²) in [5.74, 6) is -1.11. The van der Waals surface area contributed by atoms with E-state index in [1.807, 2.05) is 6.92 Å². The Hall–Kier alpha value is -1.41. The Morgan fingerprint density at radius 1 is 1.61 bits per heavy atom. The second-order valence-corrected chi connectivity index (χ2v) is 5.99. The van der Waals surface area contributed by atoms with E-state index in [1.165, 1.54) is 12.5 Å². The smallest absolute Gasteiger partial charge is 0.322 e. The van der Waals surface area contributed by atoms with Gasteiger partial charge in [0, 0.05) is 19.3 Å². The summed E-state index contributed by atoms with van der Waals surface area (Å²) >= 11 is 0. The molecule has 1 fully saturated rings. The van der Waals surface area contributed by atoms with Crippen molar-refractivity contribution < 1.29 is 18.3 Å². The molecule has 0 radical (unpaired) electrons. The zero-order valence-electron chi connectivity index (χ0n) is 9.98. The molecular weight excluding hydrogens is 258 g/mol. The van der Waals surface area contributed by atoms with Gasteiger partial charge in [-0.05, 0) is 19.8 Å². The fourth-order valence-corrected chi connectivity index (χ4v) is 3.63. The number of aliphatic carboxylic acids is 1. The van der Waals surface area contributed by atoms with Crippen LogP contribution in [-0.2, 0) is 21.4 Å². The van der Waals surface area contributed by atoms with Gasteiger partial charge in [0.2, 0.25) is 0 Å². The van der Waals surface area contributed by atoms with Crippen LogP contribution in [-0.4, -0.2) is 45.9 Å². The number of hydrogen-bond donors (Lipinski definition) is 1. The molecule has 1 saturated heterocycles. The lowest BCUT2D eigenvalue weighted by atomic mass is 10.2. The van der Waals surface area contributed by atoms with E-state index in [9.17, 15) is 13.2 Å². The van der Waals surface area contributed by atoms with Gasteiger partial charge in [0.1, 0.15) is 6.04 Å². The number of aryl methyl sites for hydroxylation is 1. The van der Waals surface area contributed by atoms with Crippen molar-refractivity contribution in [3.05, 3.63) is 12.5 Å². The fraction of sp³-hybridized carbons (Fsp3) is 0.600. The van der Waals surface area contributed by atoms with Gasteiger partial charge >= 0.3 is 5.97 Å². The summed E-state index contributed by atoms with van der Waals surface area (Å²) in [5, 5.41) is 8.93. The van der Waals surface area contributed by atoms with E-state index in [0.717, 1.165) is 4.31 Å². The quantitative estimate of drug-likeness (QED) is 0.842. The summed E-state index contributed by atoms with van der Waals surface area (Å²) in [4.78, 5) is 14.9. The van der Waals surface area contributed by atoms with E-state index >= 15 is 0 Å². The van der Waals surface area contributed by atoms with Gasteiger partial charge in [-0.1, -0.05) is 0 Å². The first-order valence-electron chi connectivity index (χ1n) is 5.73. The van der Waals surface area contributed by atoms with Gasteiger partial charge in [0.25, 0.3) is 10.0 Å². The Morgan fingerprint density at radius 3 is 2.89 bits per heavy atom.